The molecule has 0 bridgehead atoms. The molecule has 1 aliphatic heterocycles. The average molecular weight is 310 g/mol. The van der Waals surface area contributed by atoms with Gasteiger partial charge >= 0.3 is 0 Å². The maximum absolute atomic E-state index is 11.5. The van der Waals surface area contributed by atoms with E-state index in [1.807, 2.05) is 0 Å². The topological polar surface area (TPSA) is 49.4 Å². The zero-order valence-corrected chi connectivity index (χ0v) is 14.3. The van der Waals surface area contributed by atoms with Gasteiger partial charge in [0, 0.05) is 30.9 Å². The third-order valence-corrected chi connectivity index (χ3v) is 5.38. The van der Waals surface area contributed by atoms with E-state index in [1.165, 1.54) is 11.1 Å². The minimum atomic E-state index is -2.82. The number of sulfone groups is 1. The van der Waals surface area contributed by atoms with Crippen molar-refractivity contribution < 1.29 is 8.42 Å². The molecular weight excluding hydrogens is 284 g/mol. The van der Waals surface area contributed by atoms with Crippen LogP contribution in [0.5, 0.6) is 0 Å². The Balaban J connectivity index is 2.06. The fourth-order valence-electron chi connectivity index (χ4n) is 2.50. The van der Waals surface area contributed by atoms with Gasteiger partial charge in [0.05, 0.1) is 11.5 Å². The summed E-state index contributed by atoms with van der Waals surface area (Å²) in [7, 11) is -2.82. The Labute approximate surface area is 128 Å². The zero-order valence-electron chi connectivity index (χ0n) is 13.4. The second kappa shape index (κ2) is 5.97. The average Bonchev–Trinajstić information content (AvgIpc) is 2.36. The summed E-state index contributed by atoms with van der Waals surface area (Å²) in [6.45, 7) is 10.6. The van der Waals surface area contributed by atoms with Crippen LogP contribution in [0.15, 0.2) is 18.2 Å². The highest BCUT2D eigenvalue weighted by molar-refractivity contribution is 7.91. The van der Waals surface area contributed by atoms with Crippen LogP contribution in [0.3, 0.4) is 0 Å². The summed E-state index contributed by atoms with van der Waals surface area (Å²) in [6, 6.07) is 6.44. The predicted molar refractivity (Wildman–Crippen MR) is 88.6 cm³/mol. The third kappa shape index (κ3) is 4.71. The van der Waals surface area contributed by atoms with Crippen molar-refractivity contribution in [2.45, 2.75) is 39.8 Å². The molecule has 4 nitrogen and oxygen atoms in total. The first-order chi connectivity index (χ1) is 9.66. The summed E-state index contributed by atoms with van der Waals surface area (Å²) in [5.74, 6) is 0.527. The van der Waals surface area contributed by atoms with E-state index in [1.54, 1.807) is 0 Å². The van der Waals surface area contributed by atoms with Crippen molar-refractivity contribution in [1.82, 2.24) is 5.32 Å². The summed E-state index contributed by atoms with van der Waals surface area (Å²) in [6.07, 6.45) is 0. The van der Waals surface area contributed by atoms with Gasteiger partial charge < -0.3 is 10.2 Å². The molecule has 1 aromatic rings. The van der Waals surface area contributed by atoms with Crippen LogP contribution in [0, 0.1) is 6.92 Å². The van der Waals surface area contributed by atoms with Crippen molar-refractivity contribution in [3.63, 3.8) is 0 Å². The van der Waals surface area contributed by atoms with Crippen molar-refractivity contribution in [2.75, 3.05) is 29.5 Å². The van der Waals surface area contributed by atoms with Crippen molar-refractivity contribution >= 4 is 15.5 Å². The number of nitrogens with one attached hydrogen (secondary N) is 1. The fraction of sp³-hybridized carbons (Fsp3) is 0.625. The first-order valence-electron chi connectivity index (χ1n) is 7.46. The molecule has 1 aliphatic rings. The maximum atomic E-state index is 11.5. The Morgan fingerprint density at radius 3 is 2.33 bits per heavy atom. The molecule has 0 saturated carbocycles. The van der Waals surface area contributed by atoms with Gasteiger partial charge in [0.2, 0.25) is 0 Å². The van der Waals surface area contributed by atoms with Crippen LogP contribution in [0.2, 0.25) is 0 Å². The highest BCUT2D eigenvalue weighted by Crippen LogP contribution is 2.23. The number of hydrogen-bond donors (Lipinski definition) is 1. The van der Waals surface area contributed by atoms with Gasteiger partial charge in [-0.05, 0) is 44.9 Å². The van der Waals surface area contributed by atoms with Gasteiger partial charge in [-0.3, -0.25) is 0 Å². The lowest BCUT2D eigenvalue weighted by Crippen LogP contribution is -2.40. The Kier molecular flexibility index (Phi) is 4.63. The lowest BCUT2D eigenvalue weighted by atomic mass is 10.1. The normalized spacial score (nSPS) is 18.8. The van der Waals surface area contributed by atoms with Gasteiger partial charge in [0.25, 0.3) is 0 Å². The Bertz CT molecular complexity index is 589. The molecule has 1 saturated heterocycles. The maximum Gasteiger partial charge on any atom is 0.153 e. The highest BCUT2D eigenvalue weighted by atomic mass is 32.2. The van der Waals surface area contributed by atoms with Gasteiger partial charge in [0.1, 0.15) is 0 Å². The van der Waals surface area contributed by atoms with E-state index >= 15 is 0 Å². The van der Waals surface area contributed by atoms with E-state index in [-0.39, 0.29) is 17.0 Å². The van der Waals surface area contributed by atoms with Gasteiger partial charge in [-0.1, -0.05) is 12.1 Å². The molecule has 21 heavy (non-hydrogen) atoms. The second-order valence-electron chi connectivity index (χ2n) is 6.86. The monoisotopic (exact) mass is 310 g/mol. The van der Waals surface area contributed by atoms with Gasteiger partial charge in [-0.2, -0.15) is 0 Å². The number of anilines is 1. The Morgan fingerprint density at radius 2 is 1.81 bits per heavy atom. The van der Waals surface area contributed by atoms with Crippen LogP contribution < -0.4 is 10.2 Å². The summed E-state index contributed by atoms with van der Waals surface area (Å²) in [5.41, 5.74) is 3.73. The molecule has 0 unspecified atom stereocenters. The van der Waals surface area contributed by atoms with Gasteiger partial charge in [-0.25, -0.2) is 8.42 Å². The molecule has 0 amide bonds. The molecule has 0 aromatic heterocycles. The van der Waals surface area contributed by atoms with Crippen LogP contribution >= 0.6 is 0 Å². The molecule has 0 radical (unpaired) electrons. The second-order valence-corrected chi connectivity index (χ2v) is 9.17. The van der Waals surface area contributed by atoms with Crippen LogP contribution in [0.25, 0.3) is 0 Å². The number of nitrogens with zero attached hydrogens (tertiary/aromatic N) is 1. The van der Waals surface area contributed by atoms with Crippen molar-refractivity contribution in [3.05, 3.63) is 29.3 Å². The van der Waals surface area contributed by atoms with Gasteiger partial charge in [0.15, 0.2) is 9.84 Å². The third-order valence-electron chi connectivity index (χ3n) is 3.77. The van der Waals surface area contributed by atoms with Crippen LogP contribution in [-0.2, 0) is 16.4 Å². The SMILES string of the molecule is Cc1cc(CNC(C)(C)C)ccc1N1CCS(=O)(=O)CC1. The standard InChI is InChI=1S/C16H26N2O2S/c1-13-11-14(12-17-16(2,3)4)5-6-15(13)18-7-9-21(19,20)10-8-18/h5-6,11,17H,7-10,12H2,1-4H3. The smallest absolute Gasteiger partial charge is 0.153 e. The molecule has 0 aliphatic carbocycles. The fourth-order valence-corrected chi connectivity index (χ4v) is 3.70. The number of benzene rings is 1. The van der Waals surface area contributed by atoms with Crippen molar-refractivity contribution in [3.8, 4) is 0 Å². The molecule has 118 valence electrons. The first kappa shape index (κ1) is 16.3. The quantitative estimate of drug-likeness (QED) is 0.929. The lowest BCUT2D eigenvalue weighted by Gasteiger charge is -2.30. The molecule has 0 spiro atoms. The Morgan fingerprint density at radius 1 is 1.19 bits per heavy atom. The summed E-state index contributed by atoms with van der Waals surface area (Å²) < 4.78 is 23.0. The molecule has 1 aromatic carbocycles. The summed E-state index contributed by atoms with van der Waals surface area (Å²) in [4.78, 5) is 2.18. The molecule has 2 rings (SSSR count). The van der Waals surface area contributed by atoms with E-state index in [4.69, 9.17) is 0 Å². The minimum absolute atomic E-state index is 0.105. The first-order valence-corrected chi connectivity index (χ1v) is 9.28. The predicted octanol–water partition coefficient (Wildman–Crippen LogP) is 2.12. The Hall–Kier alpha value is -1.07. The largest absolute Gasteiger partial charge is 0.369 e. The zero-order chi connectivity index (χ0) is 15.7. The minimum Gasteiger partial charge on any atom is -0.369 e. The lowest BCUT2D eigenvalue weighted by molar-refractivity contribution is 0.424. The molecule has 1 fully saturated rings. The highest BCUT2D eigenvalue weighted by Gasteiger charge is 2.22. The number of rotatable bonds is 3. The van der Waals surface area contributed by atoms with Crippen molar-refractivity contribution in [2.24, 2.45) is 0 Å². The van der Waals surface area contributed by atoms with Crippen LogP contribution in [0.4, 0.5) is 5.69 Å². The molecule has 1 N–H and O–H groups in total. The number of aryl methyl sites for hydroxylation is 1. The van der Waals surface area contributed by atoms with E-state index in [2.05, 4.69) is 56.1 Å². The molecule has 5 heteroatoms. The van der Waals surface area contributed by atoms with E-state index in [9.17, 15) is 8.42 Å². The molecular formula is C16H26N2O2S. The molecule has 1 heterocycles. The van der Waals surface area contributed by atoms with Crippen LogP contribution in [0.1, 0.15) is 31.9 Å². The number of hydrogen-bond acceptors (Lipinski definition) is 4. The molecule has 0 atom stereocenters. The van der Waals surface area contributed by atoms with E-state index in [0.717, 1.165) is 12.2 Å². The van der Waals surface area contributed by atoms with Gasteiger partial charge in [-0.15, -0.1) is 0 Å². The van der Waals surface area contributed by atoms with Crippen molar-refractivity contribution in [1.29, 1.82) is 0 Å². The summed E-state index contributed by atoms with van der Waals surface area (Å²) >= 11 is 0. The van der Waals surface area contributed by atoms with Crippen LogP contribution in [-0.4, -0.2) is 38.6 Å². The van der Waals surface area contributed by atoms with E-state index in [0.29, 0.717) is 13.1 Å². The summed E-state index contributed by atoms with van der Waals surface area (Å²) in [5, 5.41) is 3.48. The van der Waals surface area contributed by atoms with E-state index < -0.39 is 9.84 Å².